The fourth-order valence-corrected chi connectivity index (χ4v) is 1.94. The normalized spacial score (nSPS) is 19.7. The second-order valence-electron chi connectivity index (χ2n) is 4.14. The third-order valence-electron chi connectivity index (χ3n) is 2.83. The number of rotatable bonds is 3. The largest absolute Gasteiger partial charge is 0.443 e. The Balaban J connectivity index is 2.04. The number of esters is 1. The second kappa shape index (κ2) is 6.23. The van der Waals surface area contributed by atoms with Crippen molar-refractivity contribution in [3.05, 3.63) is 35.9 Å². The summed E-state index contributed by atoms with van der Waals surface area (Å²) in [5.41, 5.74) is 0.540. The number of ether oxygens (including phenoxy) is 2. The summed E-state index contributed by atoms with van der Waals surface area (Å²) >= 11 is 0. The molecule has 1 aromatic carbocycles. The Morgan fingerprint density at radius 2 is 2.22 bits per heavy atom. The van der Waals surface area contributed by atoms with Crippen molar-refractivity contribution in [3.63, 3.8) is 0 Å². The molecule has 3 heteroatoms. The fraction of sp³-hybridized carbons (Fsp3) is 0.400. The van der Waals surface area contributed by atoms with Gasteiger partial charge in [0.15, 0.2) is 6.10 Å². The first kappa shape index (κ1) is 12.7. The van der Waals surface area contributed by atoms with E-state index < -0.39 is 6.10 Å². The molecule has 94 valence electrons. The Hall–Kier alpha value is -1.79. The molecule has 1 aliphatic rings. The van der Waals surface area contributed by atoms with Gasteiger partial charge in [-0.2, -0.15) is 0 Å². The van der Waals surface area contributed by atoms with Crippen molar-refractivity contribution >= 4 is 5.97 Å². The number of carbonyl (C=O) groups is 1. The molecule has 1 aromatic rings. The van der Waals surface area contributed by atoms with Crippen molar-refractivity contribution in [2.24, 2.45) is 0 Å². The van der Waals surface area contributed by atoms with Crippen LogP contribution >= 0.6 is 0 Å². The summed E-state index contributed by atoms with van der Waals surface area (Å²) in [6.07, 6.45) is 1.33. The van der Waals surface area contributed by atoms with Crippen LogP contribution in [0.1, 0.15) is 30.1 Å². The van der Waals surface area contributed by atoms with Crippen molar-refractivity contribution in [2.45, 2.75) is 32.0 Å². The average Bonchev–Trinajstić information content (AvgIpc) is 2.93. The van der Waals surface area contributed by atoms with E-state index in [1.165, 1.54) is 0 Å². The number of benzene rings is 1. The van der Waals surface area contributed by atoms with E-state index in [4.69, 9.17) is 9.47 Å². The Morgan fingerprint density at radius 1 is 1.44 bits per heavy atom. The van der Waals surface area contributed by atoms with Crippen LogP contribution in [0.15, 0.2) is 30.3 Å². The maximum Gasteiger partial charge on any atom is 0.339 e. The van der Waals surface area contributed by atoms with Gasteiger partial charge in [0.2, 0.25) is 0 Å². The Kier molecular flexibility index (Phi) is 4.38. The highest BCUT2D eigenvalue weighted by Crippen LogP contribution is 2.18. The molecule has 2 unspecified atom stereocenters. The minimum absolute atomic E-state index is 0.0925. The van der Waals surface area contributed by atoms with Crippen molar-refractivity contribution in [1.29, 1.82) is 0 Å². The minimum Gasteiger partial charge on any atom is -0.443 e. The molecule has 2 rings (SSSR count). The highest BCUT2D eigenvalue weighted by Gasteiger charge is 2.27. The van der Waals surface area contributed by atoms with Gasteiger partial charge >= 0.3 is 5.97 Å². The molecule has 3 nitrogen and oxygen atoms in total. The van der Waals surface area contributed by atoms with Crippen molar-refractivity contribution in [2.75, 3.05) is 6.61 Å². The van der Waals surface area contributed by atoms with Crippen LogP contribution in [-0.2, 0) is 9.47 Å². The zero-order valence-electron chi connectivity index (χ0n) is 10.4. The molecule has 0 bridgehead atoms. The molecule has 0 N–H and O–H groups in total. The molecular formula is C15H16O3. The second-order valence-corrected chi connectivity index (χ2v) is 4.14. The predicted octanol–water partition coefficient (Wildman–Crippen LogP) is 2.41. The van der Waals surface area contributed by atoms with Gasteiger partial charge < -0.3 is 9.47 Å². The van der Waals surface area contributed by atoms with Gasteiger partial charge in [0, 0.05) is 6.61 Å². The Morgan fingerprint density at radius 3 is 2.83 bits per heavy atom. The van der Waals surface area contributed by atoms with Crippen LogP contribution in [0, 0.1) is 11.8 Å². The fourth-order valence-electron chi connectivity index (χ4n) is 1.94. The maximum atomic E-state index is 11.9. The number of hydrogen-bond acceptors (Lipinski definition) is 3. The van der Waals surface area contributed by atoms with Gasteiger partial charge in [-0.1, -0.05) is 24.1 Å². The summed E-state index contributed by atoms with van der Waals surface area (Å²) < 4.78 is 10.9. The molecule has 2 atom stereocenters. The molecule has 18 heavy (non-hydrogen) atoms. The van der Waals surface area contributed by atoms with Gasteiger partial charge in [-0.3, -0.25) is 0 Å². The van der Waals surface area contributed by atoms with Gasteiger partial charge in [-0.15, -0.1) is 5.92 Å². The molecule has 0 radical (unpaired) electrons. The van der Waals surface area contributed by atoms with Gasteiger partial charge in [0.05, 0.1) is 5.56 Å². The Bertz CT molecular complexity index is 450. The lowest BCUT2D eigenvalue weighted by atomic mass is 10.1. The zero-order valence-corrected chi connectivity index (χ0v) is 10.4. The average molecular weight is 244 g/mol. The molecular weight excluding hydrogens is 228 g/mol. The van der Waals surface area contributed by atoms with Crippen LogP contribution in [0.4, 0.5) is 0 Å². The molecule has 0 aliphatic carbocycles. The minimum atomic E-state index is -0.467. The summed E-state index contributed by atoms with van der Waals surface area (Å²) in [7, 11) is 0. The summed E-state index contributed by atoms with van der Waals surface area (Å²) in [5, 5.41) is 0. The molecule has 1 aliphatic heterocycles. The lowest BCUT2D eigenvalue weighted by molar-refractivity contribution is -0.00706. The highest BCUT2D eigenvalue weighted by molar-refractivity contribution is 5.89. The summed E-state index contributed by atoms with van der Waals surface area (Å²) in [5.74, 6) is 5.35. The third-order valence-corrected chi connectivity index (χ3v) is 2.83. The van der Waals surface area contributed by atoms with Crippen LogP contribution in [0.3, 0.4) is 0 Å². The SMILES string of the molecule is CC#CC(OC(=O)c1ccccc1)C1CCCO1. The van der Waals surface area contributed by atoms with Crippen LogP contribution in [-0.4, -0.2) is 24.8 Å². The lowest BCUT2D eigenvalue weighted by Gasteiger charge is -2.18. The maximum absolute atomic E-state index is 11.9. The Labute approximate surface area is 107 Å². The topological polar surface area (TPSA) is 35.5 Å². The molecule has 0 saturated carbocycles. The van der Waals surface area contributed by atoms with E-state index in [1.807, 2.05) is 18.2 Å². The van der Waals surface area contributed by atoms with E-state index >= 15 is 0 Å². The number of carbonyl (C=O) groups excluding carboxylic acids is 1. The quantitative estimate of drug-likeness (QED) is 0.605. The van der Waals surface area contributed by atoms with Gasteiger partial charge in [-0.25, -0.2) is 4.79 Å². The molecule has 1 saturated heterocycles. The first-order valence-electron chi connectivity index (χ1n) is 6.11. The third kappa shape index (κ3) is 3.12. The first-order valence-corrected chi connectivity index (χ1v) is 6.11. The predicted molar refractivity (Wildman–Crippen MR) is 68.1 cm³/mol. The van der Waals surface area contributed by atoms with E-state index in [0.717, 1.165) is 19.4 Å². The van der Waals surface area contributed by atoms with E-state index in [1.54, 1.807) is 19.1 Å². The molecule has 0 aromatic heterocycles. The van der Waals surface area contributed by atoms with Crippen molar-refractivity contribution in [3.8, 4) is 11.8 Å². The monoisotopic (exact) mass is 244 g/mol. The highest BCUT2D eigenvalue weighted by atomic mass is 16.6. The van der Waals surface area contributed by atoms with Crippen molar-refractivity contribution in [1.82, 2.24) is 0 Å². The molecule has 1 fully saturated rings. The lowest BCUT2D eigenvalue weighted by Crippen LogP contribution is -2.29. The van der Waals surface area contributed by atoms with Gasteiger partial charge in [0.25, 0.3) is 0 Å². The van der Waals surface area contributed by atoms with Gasteiger partial charge in [-0.05, 0) is 31.9 Å². The molecule has 0 spiro atoms. The van der Waals surface area contributed by atoms with Crippen LogP contribution in [0.2, 0.25) is 0 Å². The van der Waals surface area contributed by atoms with Gasteiger partial charge in [0.1, 0.15) is 6.10 Å². The van der Waals surface area contributed by atoms with Crippen LogP contribution in [0.5, 0.6) is 0 Å². The smallest absolute Gasteiger partial charge is 0.339 e. The van der Waals surface area contributed by atoms with Crippen LogP contribution < -0.4 is 0 Å². The standard InChI is InChI=1S/C15H16O3/c1-2-7-14(13-10-6-11-17-13)18-15(16)12-8-4-3-5-9-12/h3-5,8-9,13-14H,6,10-11H2,1H3. The van der Waals surface area contributed by atoms with E-state index in [-0.39, 0.29) is 12.1 Å². The van der Waals surface area contributed by atoms with Crippen LogP contribution in [0.25, 0.3) is 0 Å². The van der Waals surface area contributed by atoms with E-state index in [2.05, 4.69) is 11.8 Å². The van der Waals surface area contributed by atoms with E-state index in [0.29, 0.717) is 5.56 Å². The summed E-state index contributed by atoms with van der Waals surface area (Å²) in [4.78, 5) is 11.9. The number of hydrogen-bond donors (Lipinski definition) is 0. The summed E-state index contributed by atoms with van der Waals surface area (Å²) in [6.45, 7) is 2.45. The van der Waals surface area contributed by atoms with Crippen molar-refractivity contribution < 1.29 is 14.3 Å². The summed E-state index contributed by atoms with van der Waals surface area (Å²) in [6, 6.07) is 8.94. The van der Waals surface area contributed by atoms with E-state index in [9.17, 15) is 4.79 Å². The molecule has 0 amide bonds. The first-order chi connectivity index (χ1) is 8.81. The zero-order chi connectivity index (χ0) is 12.8. The molecule has 1 heterocycles.